The lowest BCUT2D eigenvalue weighted by Crippen LogP contribution is -2.62. The Bertz CT molecular complexity index is 1410. The van der Waals surface area contributed by atoms with Crippen molar-refractivity contribution in [3.8, 4) is 0 Å². The third kappa shape index (κ3) is 13.8. The van der Waals surface area contributed by atoms with Gasteiger partial charge < -0.3 is 26.2 Å². The van der Waals surface area contributed by atoms with E-state index in [4.69, 9.17) is 0 Å². The summed E-state index contributed by atoms with van der Waals surface area (Å²) >= 11 is 0. The molecule has 5 amide bonds. The second-order valence-electron chi connectivity index (χ2n) is 15.5. The van der Waals surface area contributed by atoms with E-state index in [-0.39, 0.29) is 104 Å². The summed E-state index contributed by atoms with van der Waals surface area (Å²) in [4.78, 5) is 91.4. The molecule has 3 aliphatic carbocycles. The summed E-state index contributed by atoms with van der Waals surface area (Å²) in [5, 5.41) is 11.5. The van der Waals surface area contributed by atoms with E-state index in [1.165, 1.54) is 18.6 Å². The molecule has 5 rings (SSSR count). The Hall–Kier alpha value is -2.50. The van der Waals surface area contributed by atoms with E-state index in [0.717, 1.165) is 64.2 Å². The van der Waals surface area contributed by atoms with Crippen molar-refractivity contribution in [2.24, 2.45) is 23.2 Å². The monoisotopic (exact) mass is 847 g/mol. The summed E-state index contributed by atoms with van der Waals surface area (Å²) < 4.78 is 0. The van der Waals surface area contributed by atoms with Gasteiger partial charge in [-0.15, -0.1) is 0 Å². The molecule has 0 unspecified atom stereocenters. The van der Waals surface area contributed by atoms with Crippen LogP contribution in [-0.4, -0.2) is 86.9 Å². The average Bonchev–Trinajstić information content (AvgIpc) is 3.65. The lowest BCUT2D eigenvalue weighted by molar-refractivity contribution is -0.146. The third-order valence-electron chi connectivity index (χ3n) is 10.7. The number of nitrogens with one attached hydrogen (secondary N) is 4. The van der Waals surface area contributed by atoms with Crippen LogP contribution in [0.25, 0.3) is 0 Å². The zero-order valence-corrected chi connectivity index (χ0v) is 35.3. The summed E-state index contributed by atoms with van der Waals surface area (Å²) in [6.07, 6.45) is 13.9. The van der Waals surface area contributed by atoms with Gasteiger partial charge in [-0.2, -0.15) is 54.0 Å². The molecule has 2 heterocycles. The predicted octanol–water partition coefficient (Wildman–Crippen LogP) is 4.17. The number of hydrogen-bond donors (Lipinski definition) is 4. The lowest BCUT2D eigenvalue weighted by atomic mass is 9.82. The first-order chi connectivity index (χ1) is 23.4. The highest BCUT2D eigenvalue weighted by molar-refractivity contribution is 7.59. The van der Waals surface area contributed by atoms with Crippen LogP contribution in [0.3, 0.4) is 0 Å². The predicted molar refractivity (Wildman–Crippen MR) is 236 cm³/mol. The minimum absolute atomic E-state index is 0. The van der Waals surface area contributed by atoms with Crippen LogP contribution < -0.4 is 21.3 Å². The average molecular weight is 848 g/mol. The van der Waals surface area contributed by atoms with E-state index in [0.29, 0.717) is 19.4 Å². The summed E-state index contributed by atoms with van der Waals surface area (Å²) in [5.74, 6) is -3.20. The van der Waals surface area contributed by atoms with Crippen LogP contribution in [0.1, 0.15) is 130 Å². The number of aromatic nitrogens is 2. The molecule has 55 heavy (non-hydrogen) atoms. The minimum Gasteiger partial charge on any atom is -0.347 e. The molecular weight excluding hydrogens is 779 g/mol. The molecule has 17 heteroatoms. The fourth-order valence-electron chi connectivity index (χ4n) is 7.87. The summed E-state index contributed by atoms with van der Waals surface area (Å²) in [6.45, 7) is 7.85. The van der Waals surface area contributed by atoms with Crippen molar-refractivity contribution in [1.82, 2.24) is 36.1 Å². The van der Waals surface area contributed by atoms with Crippen LogP contribution in [0.15, 0.2) is 18.6 Å². The number of amides is 5. The first kappa shape index (κ1) is 54.6. The first-order valence-electron chi connectivity index (χ1n) is 18.2. The molecule has 13 nitrogen and oxygen atoms in total. The van der Waals surface area contributed by atoms with Crippen molar-refractivity contribution >= 4 is 89.3 Å². The van der Waals surface area contributed by atoms with E-state index >= 15 is 0 Å². The second kappa shape index (κ2) is 24.3. The van der Waals surface area contributed by atoms with Crippen LogP contribution in [0.4, 0.5) is 0 Å². The fraction of sp³-hybridized carbons (Fsp3) is 0.737. The molecule has 4 aliphatic rings. The van der Waals surface area contributed by atoms with Crippen molar-refractivity contribution in [2.75, 3.05) is 6.54 Å². The van der Waals surface area contributed by atoms with Crippen molar-refractivity contribution in [2.45, 2.75) is 150 Å². The number of carbonyl (C=O) groups excluding carboxylic acids is 6. The molecule has 6 atom stereocenters. The Morgan fingerprint density at radius 1 is 0.836 bits per heavy atom. The minimum atomic E-state index is -0.994. The molecular formula is C38H69N7O6S4. The molecule has 4 N–H and O–H groups in total. The van der Waals surface area contributed by atoms with Crippen molar-refractivity contribution in [1.29, 1.82) is 0 Å². The Balaban J connectivity index is 0. The van der Waals surface area contributed by atoms with Gasteiger partial charge in [0.15, 0.2) is 0 Å². The maximum Gasteiger partial charge on any atom is 0.289 e. The molecule has 316 valence electrons. The van der Waals surface area contributed by atoms with Gasteiger partial charge in [0.05, 0.1) is 12.2 Å². The zero-order chi connectivity index (χ0) is 35.3. The van der Waals surface area contributed by atoms with Gasteiger partial charge in [-0.3, -0.25) is 33.8 Å². The van der Waals surface area contributed by atoms with Crippen LogP contribution in [0.5, 0.6) is 0 Å². The molecule has 0 radical (unpaired) electrons. The van der Waals surface area contributed by atoms with Gasteiger partial charge in [0, 0.05) is 25.0 Å². The van der Waals surface area contributed by atoms with Gasteiger partial charge in [0.2, 0.25) is 23.5 Å². The molecule has 1 aliphatic heterocycles. The van der Waals surface area contributed by atoms with Gasteiger partial charge in [-0.1, -0.05) is 74.7 Å². The molecule has 1 aromatic heterocycles. The van der Waals surface area contributed by atoms with Gasteiger partial charge in [-0.05, 0) is 68.1 Å². The maximum atomic E-state index is 14.6. The lowest BCUT2D eigenvalue weighted by Gasteiger charge is -2.38. The molecule has 4 fully saturated rings. The summed E-state index contributed by atoms with van der Waals surface area (Å²) in [7, 11) is 0. The van der Waals surface area contributed by atoms with Crippen LogP contribution in [-0.2, 0) is 24.0 Å². The fourth-order valence-corrected chi connectivity index (χ4v) is 7.87. The van der Waals surface area contributed by atoms with Gasteiger partial charge in [0.25, 0.3) is 11.8 Å². The number of rotatable bonds is 13. The molecule has 0 aromatic carbocycles. The normalized spacial score (nSPS) is 21.6. The standard InChI is InChI=1S/C36H53N7O6.2CH4.4H2S/c1-5-10-25(29(44)34(48)39-23-15-16-23)40-33(47)28-24-14-9-13-22(24)20-43(28)35(49)30(36(2,3)4)42-32(46)27(21-11-7-6-8-12-21)41-31(45)26-19-37-17-18-38-26;;;;;;/h17-19,21-25,27-28,30H,5-16,20H2,1-4H3,(H,39,48)(H,40,47)(H,41,45)(H,42,46);2*1H4;4*1H2/t22-,24-,25+,27+,28-,30-;;;;;;/m1....../s1. The Kier molecular flexibility index (Phi) is 24.1. The van der Waals surface area contributed by atoms with Gasteiger partial charge >= 0.3 is 0 Å². The maximum absolute atomic E-state index is 14.6. The number of likely N-dealkylation sites (tertiary alicyclic amines) is 1. The quantitative estimate of drug-likeness (QED) is 0.214. The number of nitrogens with zero attached hydrogens (tertiary/aromatic N) is 3. The third-order valence-corrected chi connectivity index (χ3v) is 10.7. The van der Waals surface area contributed by atoms with Crippen molar-refractivity contribution < 1.29 is 28.8 Å². The zero-order valence-electron chi connectivity index (χ0n) is 31.3. The number of hydrogen-bond acceptors (Lipinski definition) is 8. The Morgan fingerprint density at radius 2 is 1.49 bits per heavy atom. The molecule has 0 bridgehead atoms. The SMILES string of the molecule is C.C.CCC[C@H](NC(=O)[C@H]1[C@@H]2CCC[C@@H]2CN1C(=O)[C@@H](NC(=O)[C@@H](NC(=O)c1cnccn1)C1CCCCC1)C(C)(C)C)C(=O)C(=O)NC1CC1.S.S.S.S. The number of ketones is 1. The number of carbonyl (C=O) groups is 6. The van der Waals surface area contributed by atoms with E-state index in [2.05, 4.69) is 31.2 Å². The summed E-state index contributed by atoms with van der Waals surface area (Å²) in [6, 6.07) is -3.68. The van der Waals surface area contributed by atoms with E-state index in [9.17, 15) is 28.8 Å². The number of fused-ring (bicyclic) bond motifs is 1. The molecule has 0 spiro atoms. The van der Waals surface area contributed by atoms with Crippen molar-refractivity contribution in [3.05, 3.63) is 24.3 Å². The summed E-state index contributed by atoms with van der Waals surface area (Å²) in [5.41, 5.74) is -0.638. The molecule has 3 saturated carbocycles. The van der Waals surface area contributed by atoms with Crippen LogP contribution in [0, 0.1) is 23.2 Å². The second-order valence-corrected chi connectivity index (χ2v) is 15.5. The first-order valence-corrected chi connectivity index (χ1v) is 18.2. The van der Waals surface area contributed by atoms with E-state index in [1.807, 2.05) is 27.7 Å². The topological polar surface area (TPSA) is 180 Å². The number of Topliss-reactive ketones (excluding diaryl/α,β-unsaturated/α-hetero) is 1. The van der Waals surface area contributed by atoms with Gasteiger partial charge in [0.1, 0.15) is 23.8 Å². The molecule has 1 saturated heterocycles. The van der Waals surface area contributed by atoms with Gasteiger partial charge in [-0.25, -0.2) is 4.98 Å². The smallest absolute Gasteiger partial charge is 0.289 e. The van der Waals surface area contributed by atoms with Crippen LogP contribution in [0.2, 0.25) is 0 Å². The molecule has 1 aromatic rings. The van der Waals surface area contributed by atoms with E-state index < -0.39 is 59.0 Å². The Labute approximate surface area is 356 Å². The highest BCUT2D eigenvalue weighted by atomic mass is 32.1. The van der Waals surface area contributed by atoms with E-state index in [1.54, 1.807) is 4.90 Å². The highest BCUT2D eigenvalue weighted by Crippen LogP contribution is 2.43. The van der Waals surface area contributed by atoms with Crippen molar-refractivity contribution in [3.63, 3.8) is 0 Å². The Morgan fingerprint density at radius 3 is 2.05 bits per heavy atom. The largest absolute Gasteiger partial charge is 0.347 e. The highest BCUT2D eigenvalue weighted by Gasteiger charge is 2.52. The van der Waals surface area contributed by atoms with Crippen LogP contribution >= 0.6 is 54.0 Å².